The van der Waals surface area contributed by atoms with E-state index in [-0.39, 0.29) is 11.8 Å². The molecule has 27 heavy (non-hydrogen) atoms. The van der Waals surface area contributed by atoms with Crippen LogP contribution in [0.2, 0.25) is 0 Å². The largest absolute Gasteiger partial charge is 0.348 e. The van der Waals surface area contributed by atoms with Crippen molar-refractivity contribution in [2.24, 2.45) is 0 Å². The summed E-state index contributed by atoms with van der Waals surface area (Å²) in [7, 11) is 0. The van der Waals surface area contributed by atoms with Crippen LogP contribution in [0.25, 0.3) is 0 Å². The molecule has 0 bridgehead atoms. The molecule has 0 radical (unpaired) electrons. The second-order valence-corrected chi connectivity index (χ2v) is 6.38. The molecule has 2 N–H and O–H groups in total. The number of aromatic nitrogens is 1. The molecule has 0 unspecified atom stereocenters. The third-order valence-electron chi connectivity index (χ3n) is 4.33. The summed E-state index contributed by atoms with van der Waals surface area (Å²) >= 11 is 0. The van der Waals surface area contributed by atoms with E-state index in [4.69, 9.17) is 0 Å². The molecule has 1 heterocycles. The summed E-state index contributed by atoms with van der Waals surface area (Å²) in [6.45, 7) is 4.38. The molecule has 3 aromatic rings. The van der Waals surface area contributed by atoms with E-state index < -0.39 is 0 Å². The predicted molar refractivity (Wildman–Crippen MR) is 106 cm³/mol. The van der Waals surface area contributed by atoms with Gasteiger partial charge in [0.2, 0.25) is 0 Å². The molecule has 136 valence electrons. The fourth-order valence-corrected chi connectivity index (χ4v) is 2.63. The van der Waals surface area contributed by atoms with E-state index in [1.54, 1.807) is 18.3 Å². The van der Waals surface area contributed by atoms with Gasteiger partial charge >= 0.3 is 0 Å². The van der Waals surface area contributed by atoms with Gasteiger partial charge in [0.05, 0.1) is 5.56 Å². The molecule has 2 amide bonds. The summed E-state index contributed by atoms with van der Waals surface area (Å²) in [4.78, 5) is 28.5. The highest BCUT2D eigenvalue weighted by atomic mass is 16.2. The molecule has 5 nitrogen and oxygen atoms in total. The van der Waals surface area contributed by atoms with Gasteiger partial charge in [-0.1, -0.05) is 18.2 Å². The molecule has 1 aromatic heterocycles. The topological polar surface area (TPSA) is 71.1 Å². The second kappa shape index (κ2) is 8.27. The molecule has 0 fully saturated rings. The average molecular weight is 359 g/mol. The lowest BCUT2D eigenvalue weighted by atomic mass is 10.1. The Balaban J connectivity index is 1.63. The van der Waals surface area contributed by atoms with E-state index in [1.165, 1.54) is 6.20 Å². The van der Waals surface area contributed by atoms with Crippen molar-refractivity contribution in [3.8, 4) is 0 Å². The molecule has 0 aliphatic rings. The molecule has 0 saturated heterocycles. The van der Waals surface area contributed by atoms with E-state index in [2.05, 4.69) is 15.6 Å². The molecule has 0 saturated carbocycles. The number of anilines is 1. The first-order valence-electron chi connectivity index (χ1n) is 8.69. The minimum atomic E-state index is -0.223. The molecule has 0 aliphatic heterocycles. The highest BCUT2D eigenvalue weighted by molar-refractivity contribution is 6.04. The Morgan fingerprint density at radius 1 is 0.889 bits per heavy atom. The first-order valence-corrected chi connectivity index (χ1v) is 8.69. The quantitative estimate of drug-likeness (QED) is 0.726. The number of nitrogens with zero attached hydrogens (tertiary/aromatic N) is 1. The molecule has 0 atom stereocenters. The minimum Gasteiger partial charge on any atom is -0.348 e. The minimum absolute atomic E-state index is 0.122. The lowest BCUT2D eigenvalue weighted by Crippen LogP contribution is -2.23. The lowest BCUT2D eigenvalue weighted by molar-refractivity contribution is 0.0949. The highest BCUT2D eigenvalue weighted by Crippen LogP contribution is 2.13. The molecule has 5 heteroatoms. The fourth-order valence-electron chi connectivity index (χ4n) is 2.63. The van der Waals surface area contributed by atoms with Crippen molar-refractivity contribution in [3.05, 3.63) is 94.8 Å². The Bertz CT molecular complexity index is 968. The third-order valence-corrected chi connectivity index (χ3v) is 4.33. The van der Waals surface area contributed by atoms with E-state index in [9.17, 15) is 9.59 Å². The van der Waals surface area contributed by atoms with E-state index in [1.807, 2.05) is 56.3 Å². The summed E-state index contributed by atoms with van der Waals surface area (Å²) in [5.74, 6) is -0.345. The van der Waals surface area contributed by atoms with Gasteiger partial charge in [-0.2, -0.15) is 0 Å². The predicted octanol–water partition coefficient (Wildman–Crippen LogP) is 3.88. The van der Waals surface area contributed by atoms with Gasteiger partial charge in [-0.05, 0) is 66.9 Å². The number of amides is 2. The Hall–Kier alpha value is -3.47. The van der Waals surface area contributed by atoms with Gasteiger partial charge in [-0.25, -0.2) is 0 Å². The van der Waals surface area contributed by atoms with Crippen LogP contribution in [0.1, 0.15) is 37.4 Å². The highest BCUT2D eigenvalue weighted by Gasteiger charge is 2.08. The van der Waals surface area contributed by atoms with Crippen LogP contribution < -0.4 is 10.6 Å². The normalized spacial score (nSPS) is 10.3. The number of nitrogens with one attached hydrogen (secondary N) is 2. The number of hydrogen-bond donors (Lipinski definition) is 2. The number of carbonyl (C=O) groups excluding carboxylic acids is 2. The first-order chi connectivity index (χ1) is 13.0. The molecule has 3 rings (SSSR count). The molecule has 0 spiro atoms. The third kappa shape index (κ3) is 4.79. The van der Waals surface area contributed by atoms with Crippen LogP contribution >= 0.6 is 0 Å². The van der Waals surface area contributed by atoms with Crippen LogP contribution in [0, 0.1) is 13.8 Å². The van der Waals surface area contributed by atoms with E-state index in [0.717, 1.165) is 16.7 Å². The van der Waals surface area contributed by atoms with Crippen molar-refractivity contribution >= 4 is 17.5 Å². The smallest absolute Gasteiger partial charge is 0.257 e. The average Bonchev–Trinajstić information content (AvgIpc) is 2.69. The van der Waals surface area contributed by atoms with Crippen molar-refractivity contribution in [2.45, 2.75) is 20.4 Å². The van der Waals surface area contributed by atoms with Gasteiger partial charge in [0.1, 0.15) is 0 Å². The standard InChI is InChI=1S/C22H21N3O2/c1-15-8-9-18(11-16(15)2)21(26)24-13-17-5-3-7-20(12-17)25-22(27)19-6-4-10-23-14-19/h3-12,14H,13H2,1-2H3,(H,24,26)(H,25,27). The van der Waals surface area contributed by atoms with Gasteiger partial charge in [0.25, 0.3) is 11.8 Å². The number of hydrogen-bond acceptors (Lipinski definition) is 3. The Labute approximate surface area is 158 Å². The van der Waals surface area contributed by atoms with Gasteiger partial charge < -0.3 is 10.6 Å². The van der Waals surface area contributed by atoms with Crippen molar-refractivity contribution in [1.82, 2.24) is 10.3 Å². The Morgan fingerprint density at radius 3 is 2.48 bits per heavy atom. The van der Waals surface area contributed by atoms with Crippen LogP contribution in [0.15, 0.2) is 67.0 Å². The molecular weight excluding hydrogens is 338 g/mol. The molecule has 2 aromatic carbocycles. The van der Waals surface area contributed by atoms with Crippen molar-refractivity contribution in [1.29, 1.82) is 0 Å². The monoisotopic (exact) mass is 359 g/mol. The van der Waals surface area contributed by atoms with Crippen molar-refractivity contribution < 1.29 is 9.59 Å². The number of pyridine rings is 1. The zero-order valence-electron chi connectivity index (χ0n) is 15.3. The summed E-state index contributed by atoms with van der Waals surface area (Å²) in [6, 6.07) is 16.5. The SMILES string of the molecule is Cc1ccc(C(=O)NCc2cccc(NC(=O)c3cccnc3)c2)cc1C. The fraction of sp³-hybridized carbons (Fsp3) is 0.136. The number of benzene rings is 2. The van der Waals surface area contributed by atoms with Crippen LogP contribution in [0.4, 0.5) is 5.69 Å². The second-order valence-electron chi connectivity index (χ2n) is 6.38. The number of rotatable bonds is 5. The lowest BCUT2D eigenvalue weighted by Gasteiger charge is -2.09. The summed E-state index contributed by atoms with van der Waals surface area (Å²) in [5.41, 5.74) is 4.94. The number of carbonyl (C=O) groups is 2. The maximum Gasteiger partial charge on any atom is 0.257 e. The summed E-state index contributed by atoms with van der Waals surface area (Å²) < 4.78 is 0. The Morgan fingerprint density at radius 2 is 1.74 bits per heavy atom. The zero-order valence-corrected chi connectivity index (χ0v) is 15.3. The summed E-state index contributed by atoms with van der Waals surface area (Å²) in [5, 5.41) is 5.75. The van der Waals surface area contributed by atoms with Crippen LogP contribution in [-0.4, -0.2) is 16.8 Å². The van der Waals surface area contributed by atoms with E-state index >= 15 is 0 Å². The van der Waals surface area contributed by atoms with Crippen molar-refractivity contribution in [2.75, 3.05) is 5.32 Å². The first kappa shape index (κ1) is 18.3. The van der Waals surface area contributed by atoms with Gasteiger partial charge in [0, 0.05) is 30.2 Å². The van der Waals surface area contributed by atoms with Crippen molar-refractivity contribution in [3.63, 3.8) is 0 Å². The zero-order chi connectivity index (χ0) is 19.2. The maximum absolute atomic E-state index is 12.3. The van der Waals surface area contributed by atoms with Gasteiger partial charge in [0.15, 0.2) is 0 Å². The number of aryl methyl sites for hydroxylation is 2. The van der Waals surface area contributed by atoms with Crippen LogP contribution in [0.5, 0.6) is 0 Å². The van der Waals surface area contributed by atoms with Gasteiger partial charge in [-0.3, -0.25) is 14.6 Å². The maximum atomic E-state index is 12.3. The Kier molecular flexibility index (Phi) is 5.61. The molecule has 0 aliphatic carbocycles. The molecular formula is C22H21N3O2. The summed E-state index contributed by atoms with van der Waals surface area (Å²) in [6.07, 6.45) is 3.14. The van der Waals surface area contributed by atoms with Gasteiger partial charge in [-0.15, -0.1) is 0 Å². The van der Waals surface area contributed by atoms with E-state index in [0.29, 0.717) is 23.4 Å². The van der Waals surface area contributed by atoms with Crippen LogP contribution in [-0.2, 0) is 6.54 Å². The van der Waals surface area contributed by atoms with Crippen LogP contribution in [0.3, 0.4) is 0 Å².